The van der Waals surface area contributed by atoms with Crippen molar-refractivity contribution >= 4 is 29.9 Å². The molecule has 1 aromatic heterocycles. The first-order valence-corrected chi connectivity index (χ1v) is 11.6. The van der Waals surface area contributed by atoms with Gasteiger partial charge in [0.15, 0.2) is 5.96 Å². The molecule has 1 aliphatic rings. The van der Waals surface area contributed by atoms with Gasteiger partial charge in [-0.25, -0.2) is 4.98 Å². The Morgan fingerprint density at radius 1 is 1.22 bits per heavy atom. The lowest BCUT2D eigenvalue weighted by Gasteiger charge is -2.40. The van der Waals surface area contributed by atoms with E-state index in [1.165, 1.54) is 12.0 Å². The first-order valence-electron chi connectivity index (χ1n) is 11.6. The topological polar surface area (TPSA) is 63.5 Å². The number of aryl methyl sites for hydroxylation is 2. The molecule has 2 aromatic rings. The third-order valence-electron chi connectivity index (χ3n) is 5.98. The van der Waals surface area contributed by atoms with Crippen molar-refractivity contribution in [1.82, 2.24) is 20.2 Å². The van der Waals surface area contributed by atoms with Gasteiger partial charge in [-0.2, -0.15) is 0 Å². The molecule has 178 valence electrons. The fraction of sp³-hybridized carbons (Fsp3) is 0.600. The fourth-order valence-corrected chi connectivity index (χ4v) is 4.43. The van der Waals surface area contributed by atoms with Crippen LogP contribution >= 0.6 is 24.0 Å². The van der Waals surface area contributed by atoms with Gasteiger partial charge in [-0.3, -0.25) is 4.99 Å². The molecule has 0 spiro atoms. The summed E-state index contributed by atoms with van der Waals surface area (Å²) >= 11 is 0. The average Bonchev–Trinajstić information content (AvgIpc) is 3.21. The molecule has 0 aliphatic carbocycles. The SMILES string of the molecule is CN=C(NCc1nccn1CCCc1ccccc1)NCC1CCCOC1C(C)(C)C.I. The minimum Gasteiger partial charge on any atom is -0.377 e. The number of hydrogen-bond donors (Lipinski definition) is 2. The number of aromatic nitrogens is 2. The van der Waals surface area contributed by atoms with Gasteiger partial charge in [0.05, 0.1) is 12.6 Å². The van der Waals surface area contributed by atoms with Crippen molar-refractivity contribution in [3.05, 3.63) is 54.1 Å². The van der Waals surface area contributed by atoms with Crippen LogP contribution in [0, 0.1) is 11.3 Å². The Morgan fingerprint density at radius 3 is 2.72 bits per heavy atom. The van der Waals surface area contributed by atoms with Gasteiger partial charge >= 0.3 is 0 Å². The predicted molar refractivity (Wildman–Crippen MR) is 143 cm³/mol. The lowest BCUT2D eigenvalue weighted by Crippen LogP contribution is -2.47. The van der Waals surface area contributed by atoms with Crippen LogP contribution in [0.15, 0.2) is 47.7 Å². The Balaban J connectivity index is 0.00000363. The van der Waals surface area contributed by atoms with Crippen LogP contribution in [0.1, 0.15) is 51.4 Å². The summed E-state index contributed by atoms with van der Waals surface area (Å²) in [5, 5.41) is 6.94. The van der Waals surface area contributed by atoms with Crippen LogP contribution in [-0.4, -0.2) is 41.8 Å². The molecular weight excluding hydrogens is 513 g/mol. The molecule has 2 N–H and O–H groups in total. The molecule has 0 bridgehead atoms. The highest BCUT2D eigenvalue weighted by molar-refractivity contribution is 14.0. The predicted octanol–water partition coefficient (Wildman–Crippen LogP) is 4.64. The van der Waals surface area contributed by atoms with Crippen molar-refractivity contribution in [2.24, 2.45) is 16.3 Å². The number of ether oxygens (including phenoxy) is 1. The molecule has 7 heteroatoms. The number of nitrogens with one attached hydrogen (secondary N) is 2. The summed E-state index contributed by atoms with van der Waals surface area (Å²) in [6.07, 6.45) is 8.71. The lowest BCUT2D eigenvalue weighted by atomic mass is 9.78. The van der Waals surface area contributed by atoms with Crippen LogP contribution in [0.3, 0.4) is 0 Å². The summed E-state index contributed by atoms with van der Waals surface area (Å²) < 4.78 is 8.34. The zero-order valence-corrected chi connectivity index (χ0v) is 22.3. The Labute approximate surface area is 210 Å². The number of aliphatic imine (C=N–C) groups is 1. The van der Waals surface area contributed by atoms with E-state index in [1.54, 1.807) is 0 Å². The molecule has 0 amide bonds. The Hall–Kier alpha value is -1.61. The largest absolute Gasteiger partial charge is 0.377 e. The summed E-state index contributed by atoms with van der Waals surface area (Å²) in [5.41, 5.74) is 1.53. The molecule has 6 nitrogen and oxygen atoms in total. The van der Waals surface area contributed by atoms with Crippen molar-refractivity contribution in [3.63, 3.8) is 0 Å². The number of nitrogens with zero attached hydrogens (tertiary/aromatic N) is 3. The quantitative estimate of drug-likeness (QED) is 0.284. The molecule has 0 radical (unpaired) electrons. The first kappa shape index (κ1) is 26.6. The molecule has 1 aromatic carbocycles. The van der Waals surface area contributed by atoms with Crippen LogP contribution in [-0.2, 0) is 24.2 Å². The van der Waals surface area contributed by atoms with E-state index in [-0.39, 0.29) is 35.5 Å². The standard InChI is InChI=1S/C25H39N5O.HI/c1-25(2,3)23-21(13-9-17-31-23)18-28-24(26-4)29-19-22-27-14-16-30(22)15-8-12-20-10-6-5-7-11-20;/h5-7,10-11,14,16,21,23H,8-9,12-13,15,17-19H2,1-4H3,(H2,26,28,29);1H. The van der Waals surface area contributed by atoms with Crippen LogP contribution < -0.4 is 10.6 Å². The molecule has 3 rings (SSSR count). The van der Waals surface area contributed by atoms with Crippen LogP contribution in [0.2, 0.25) is 0 Å². The molecule has 1 fully saturated rings. The van der Waals surface area contributed by atoms with Gasteiger partial charge in [0.25, 0.3) is 0 Å². The minimum atomic E-state index is 0. The van der Waals surface area contributed by atoms with Crippen molar-refractivity contribution in [3.8, 4) is 0 Å². The number of rotatable bonds is 8. The van der Waals surface area contributed by atoms with E-state index in [0.717, 1.165) is 50.7 Å². The number of halogens is 1. The zero-order valence-electron chi connectivity index (χ0n) is 20.0. The Bertz CT molecular complexity index is 815. The van der Waals surface area contributed by atoms with Gasteiger partial charge in [-0.15, -0.1) is 24.0 Å². The van der Waals surface area contributed by atoms with E-state index in [0.29, 0.717) is 12.5 Å². The molecule has 0 saturated carbocycles. The Morgan fingerprint density at radius 2 is 2.00 bits per heavy atom. The molecule has 1 aliphatic heterocycles. The maximum atomic E-state index is 6.11. The molecule has 2 atom stereocenters. The highest BCUT2D eigenvalue weighted by Crippen LogP contribution is 2.33. The summed E-state index contributed by atoms with van der Waals surface area (Å²) in [6.45, 7) is 10.2. The van der Waals surface area contributed by atoms with Crippen LogP contribution in [0.4, 0.5) is 0 Å². The monoisotopic (exact) mass is 553 g/mol. The van der Waals surface area contributed by atoms with Crippen LogP contribution in [0.5, 0.6) is 0 Å². The van der Waals surface area contributed by atoms with E-state index in [9.17, 15) is 0 Å². The molecule has 2 heterocycles. The summed E-state index contributed by atoms with van der Waals surface area (Å²) in [5.74, 6) is 2.34. The maximum Gasteiger partial charge on any atom is 0.191 e. The molecule has 32 heavy (non-hydrogen) atoms. The van der Waals surface area contributed by atoms with Gasteiger partial charge in [0, 0.05) is 45.1 Å². The van der Waals surface area contributed by atoms with E-state index in [2.05, 4.69) is 82.5 Å². The summed E-state index contributed by atoms with van der Waals surface area (Å²) in [4.78, 5) is 8.95. The van der Waals surface area contributed by atoms with E-state index >= 15 is 0 Å². The molecule has 1 saturated heterocycles. The van der Waals surface area contributed by atoms with Gasteiger partial charge in [0.2, 0.25) is 0 Å². The zero-order chi connectivity index (χ0) is 22.1. The van der Waals surface area contributed by atoms with E-state index in [4.69, 9.17) is 4.74 Å². The Kier molecular flexibility index (Phi) is 11.0. The van der Waals surface area contributed by atoms with E-state index < -0.39 is 0 Å². The average molecular weight is 554 g/mol. The minimum absolute atomic E-state index is 0. The van der Waals surface area contributed by atoms with E-state index in [1.807, 2.05) is 13.2 Å². The first-order chi connectivity index (χ1) is 15.0. The molecular formula is C25H40IN5O. The number of hydrogen-bond acceptors (Lipinski definition) is 3. The number of imidazole rings is 1. The van der Waals surface area contributed by atoms with Crippen LogP contribution in [0.25, 0.3) is 0 Å². The number of guanidine groups is 1. The summed E-state index contributed by atoms with van der Waals surface area (Å²) in [6, 6.07) is 10.6. The lowest BCUT2D eigenvalue weighted by molar-refractivity contribution is -0.0835. The normalized spacial score (nSPS) is 19.3. The second kappa shape index (κ2) is 13.2. The fourth-order valence-electron chi connectivity index (χ4n) is 4.43. The highest BCUT2D eigenvalue weighted by atomic mass is 127. The second-order valence-corrected chi connectivity index (χ2v) is 9.49. The van der Waals surface area contributed by atoms with Crippen molar-refractivity contribution in [2.45, 2.75) is 65.6 Å². The third-order valence-corrected chi connectivity index (χ3v) is 5.98. The smallest absolute Gasteiger partial charge is 0.191 e. The summed E-state index contributed by atoms with van der Waals surface area (Å²) in [7, 11) is 1.82. The second-order valence-electron chi connectivity index (χ2n) is 9.49. The highest BCUT2D eigenvalue weighted by Gasteiger charge is 2.35. The molecule has 2 unspecified atom stereocenters. The van der Waals surface area contributed by atoms with Gasteiger partial charge in [-0.05, 0) is 36.7 Å². The third kappa shape index (κ3) is 8.06. The van der Waals surface area contributed by atoms with Crippen molar-refractivity contribution < 1.29 is 4.74 Å². The number of benzene rings is 1. The van der Waals surface area contributed by atoms with Crippen molar-refractivity contribution in [2.75, 3.05) is 20.2 Å². The maximum absolute atomic E-state index is 6.11. The van der Waals surface area contributed by atoms with Crippen molar-refractivity contribution in [1.29, 1.82) is 0 Å². The van der Waals surface area contributed by atoms with Gasteiger partial charge in [-0.1, -0.05) is 51.1 Å². The van der Waals surface area contributed by atoms with Gasteiger partial charge < -0.3 is 19.9 Å². The van der Waals surface area contributed by atoms with Gasteiger partial charge in [0.1, 0.15) is 5.82 Å².